The molecule has 0 amide bonds. The molecule has 1 fully saturated rings. The lowest BCUT2D eigenvalue weighted by Crippen LogP contribution is -2.44. The van der Waals surface area contributed by atoms with Crippen molar-refractivity contribution in [3.8, 4) is 28.3 Å². The van der Waals surface area contributed by atoms with E-state index >= 15 is 0 Å². The molecule has 2 aromatic carbocycles. The summed E-state index contributed by atoms with van der Waals surface area (Å²) in [5.74, 6) is 0. The lowest BCUT2D eigenvalue weighted by Gasteiger charge is -2.34. The molecule has 3 aromatic heterocycles. The Morgan fingerprint density at radius 3 is 2.47 bits per heavy atom. The first-order valence-electron chi connectivity index (χ1n) is 11.4. The molecule has 0 bridgehead atoms. The van der Waals surface area contributed by atoms with E-state index in [0.29, 0.717) is 5.69 Å². The monoisotopic (exact) mass is 445 g/mol. The molecule has 0 aliphatic carbocycles. The lowest BCUT2D eigenvalue weighted by molar-refractivity contribution is 0.313. The highest BCUT2D eigenvalue weighted by Gasteiger charge is 2.16. The van der Waals surface area contributed by atoms with Gasteiger partial charge in [-0.1, -0.05) is 30.3 Å². The fourth-order valence-electron chi connectivity index (χ4n) is 4.60. The molecule has 34 heavy (non-hydrogen) atoms. The highest BCUT2D eigenvalue weighted by atomic mass is 15.2. The smallest absolute Gasteiger partial charge is 0.162 e. The summed E-state index contributed by atoms with van der Waals surface area (Å²) in [6.07, 6.45) is 5.71. The molecule has 0 atom stereocenters. The van der Waals surface area contributed by atoms with Crippen molar-refractivity contribution in [1.82, 2.24) is 24.5 Å². The van der Waals surface area contributed by atoms with Crippen molar-refractivity contribution in [1.29, 1.82) is 5.26 Å². The second-order valence-electron chi connectivity index (χ2n) is 8.69. The van der Waals surface area contributed by atoms with Gasteiger partial charge in [0.2, 0.25) is 0 Å². The molecule has 1 aliphatic rings. The number of hydrogen-bond donors (Lipinski definition) is 0. The molecule has 7 heteroatoms. The van der Waals surface area contributed by atoms with Gasteiger partial charge < -0.3 is 9.80 Å². The first-order valence-corrected chi connectivity index (χ1v) is 11.4. The SMILES string of the molecule is CN1CCN(c2ccc(-c3cnc4c(-c5cc(C#N)nc6ccccc56)cnn4c3)cc2)CC1. The van der Waals surface area contributed by atoms with Gasteiger partial charge in [-0.25, -0.2) is 14.5 Å². The largest absolute Gasteiger partial charge is 0.369 e. The standard InChI is InChI=1S/C27H23N7/c1-32-10-12-33(13-11-32)22-8-6-19(7-9-22)20-16-29-27-25(17-30-34(27)18-20)24-14-21(15-28)31-26-5-3-2-4-23(24)26/h2-9,14,16-18H,10-13H2,1H3. The zero-order chi connectivity index (χ0) is 23.1. The van der Waals surface area contributed by atoms with Gasteiger partial charge in [-0.3, -0.25) is 0 Å². The molecule has 0 saturated carbocycles. The van der Waals surface area contributed by atoms with Crippen LogP contribution in [-0.2, 0) is 0 Å². The van der Waals surface area contributed by atoms with Crippen molar-refractivity contribution >= 4 is 22.2 Å². The van der Waals surface area contributed by atoms with Crippen molar-refractivity contribution in [2.24, 2.45) is 0 Å². The summed E-state index contributed by atoms with van der Waals surface area (Å²) in [7, 11) is 2.17. The quantitative estimate of drug-likeness (QED) is 0.414. The minimum Gasteiger partial charge on any atom is -0.369 e. The predicted molar refractivity (Wildman–Crippen MR) is 134 cm³/mol. The molecule has 1 saturated heterocycles. The summed E-state index contributed by atoms with van der Waals surface area (Å²) in [6.45, 7) is 4.28. The third-order valence-corrected chi connectivity index (χ3v) is 6.55. The fourth-order valence-corrected chi connectivity index (χ4v) is 4.60. The van der Waals surface area contributed by atoms with Crippen LogP contribution in [0.2, 0.25) is 0 Å². The van der Waals surface area contributed by atoms with Crippen LogP contribution in [0.1, 0.15) is 5.69 Å². The normalized spacial score (nSPS) is 14.5. The van der Waals surface area contributed by atoms with Crippen LogP contribution in [0.3, 0.4) is 0 Å². The summed E-state index contributed by atoms with van der Waals surface area (Å²) >= 11 is 0. The van der Waals surface area contributed by atoms with Crippen molar-refractivity contribution in [3.05, 3.63) is 78.9 Å². The third kappa shape index (κ3) is 3.54. The number of pyridine rings is 1. The van der Waals surface area contributed by atoms with Gasteiger partial charge in [-0.05, 0) is 42.4 Å². The van der Waals surface area contributed by atoms with E-state index in [9.17, 15) is 5.26 Å². The number of likely N-dealkylation sites (N-methyl/N-ethyl adjacent to an activating group) is 1. The van der Waals surface area contributed by atoms with Crippen LogP contribution < -0.4 is 4.90 Å². The van der Waals surface area contributed by atoms with Crippen molar-refractivity contribution in [2.75, 3.05) is 38.1 Å². The number of fused-ring (bicyclic) bond motifs is 2. The lowest BCUT2D eigenvalue weighted by atomic mass is 10.0. The van der Waals surface area contributed by atoms with Crippen molar-refractivity contribution in [2.45, 2.75) is 0 Å². The van der Waals surface area contributed by atoms with Gasteiger partial charge >= 0.3 is 0 Å². The number of piperazine rings is 1. The average molecular weight is 446 g/mol. The summed E-state index contributed by atoms with van der Waals surface area (Å²) in [5, 5.41) is 15.0. The van der Waals surface area contributed by atoms with Crippen LogP contribution in [0, 0.1) is 11.3 Å². The number of benzene rings is 2. The Morgan fingerprint density at radius 2 is 1.68 bits per heavy atom. The minimum atomic E-state index is 0.380. The van der Waals surface area contributed by atoms with Gasteiger partial charge in [-0.15, -0.1) is 0 Å². The summed E-state index contributed by atoms with van der Waals surface area (Å²) < 4.78 is 1.81. The van der Waals surface area contributed by atoms with E-state index < -0.39 is 0 Å². The van der Waals surface area contributed by atoms with E-state index in [1.54, 1.807) is 4.52 Å². The molecule has 0 unspecified atom stereocenters. The first kappa shape index (κ1) is 20.3. The summed E-state index contributed by atoms with van der Waals surface area (Å²) in [6, 6.07) is 20.5. The number of rotatable bonds is 3. The van der Waals surface area contributed by atoms with E-state index in [4.69, 9.17) is 4.98 Å². The highest BCUT2D eigenvalue weighted by Crippen LogP contribution is 2.32. The Bertz CT molecular complexity index is 1540. The summed E-state index contributed by atoms with van der Waals surface area (Å²) in [5.41, 5.74) is 7.07. The Morgan fingerprint density at radius 1 is 0.882 bits per heavy atom. The number of aromatic nitrogens is 4. The fraction of sp³-hybridized carbons (Fsp3) is 0.185. The maximum Gasteiger partial charge on any atom is 0.162 e. The van der Waals surface area contributed by atoms with Crippen LogP contribution in [0.25, 0.3) is 38.8 Å². The van der Waals surface area contributed by atoms with Gasteiger partial charge in [0, 0.05) is 60.8 Å². The molecular formula is C27H23N7. The van der Waals surface area contributed by atoms with E-state index in [1.165, 1.54) is 5.69 Å². The number of para-hydroxylation sites is 1. The molecular weight excluding hydrogens is 422 g/mol. The van der Waals surface area contributed by atoms with E-state index in [1.807, 2.05) is 48.9 Å². The first-order chi connectivity index (χ1) is 16.7. The van der Waals surface area contributed by atoms with E-state index in [2.05, 4.69) is 57.3 Å². The Labute approximate surface area is 197 Å². The zero-order valence-electron chi connectivity index (χ0n) is 18.9. The van der Waals surface area contributed by atoms with Crippen molar-refractivity contribution in [3.63, 3.8) is 0 Å². The van der Waals surface area contributed by atoms with Crippen LogP contribution in [-0.4, -0.2) is 57.7 Å². The Hall–Kier alpha value is -4.28. The number of anilines is 1. The molecule has 4 heterocycles. The Balaban J connectivity index is 1.35. The predicted octanol–water partition coefficient (Wildman–Crippen LogP) is 4.23. The van der Waals surface area contributed by atoms with Gasteiger partial charge in [0.05, 0.1) is 11.7 Å². The number of nitrogens with zero attached hydrogens (tertiary/aromatic N) is 7. The molecule has 7 nitrogen and oxygen atoms in total. The van der Waals surface area contributed by atoms with Gasteiger partial charge in [0.15, 0.2) is 5.65 Å². The van der Waals surface area contributed by atoms with E-state index in [0.717, 1.165) is 65.0 Å². The van der Waals surface area contributed by atoms with Crippen LogP contribution in [0.5, 0.6) is 0 Å². The molecule has 0 N–H and O–H groups in total. The maximum atomic E-state index is 9.45. The van der Waals surface area contributed by atoms with Gasteiger partial charge in [-0.2, -0.15) is 10.4 Å². The molecule has 1 aliphatic heterocycles. The van der Waals surface area contributed by atoms with E-state index in [-0.39, 0.29) is 0 Å². The number of nitriles is 1. The topological polar surface area (TPSA) is 73.3 Å². The molecule has 0 spiro atoms. The van der Waals surface area contributed by atoms with Gasteiger partial charge in [0.1, 0.15) is 11.8 Å². The average Bonchev–Trinajstić information content (AvgIpc) is 3.32. The van der Waals surface area contributed by atoms with Crippen molar-refractivity contribution < 1.29 is 0 Å². The molecule has 5 aromatic rings. The van der Waals surface area contributed by atoms with Crippen LogP contribution >= 0.6 is 0 Å². The number of hydrogen-bond acceptors (Lipinski definition) is 6. The highest BCUT2D eigenvalue weighted by molar-refractivity contribution is 5.98. The zero-order valence-corrected chi connectivity index (χ0v) is 18.9. The van der Waals surface area contributed by atoms with Gasteiger partial charge in [0.25, 0.3) is 0 Å². The van der Waals surface area contributed by atoms with Crippen LogP contribution in [0.15, 0.2) is 73.2 Å². The summed E-state index contributed by atoms with van der Waals surface area (Å²) in [4.78, 5) is 14.0. The maximum absolute atomic E-state index is 9.45. The third-order valence-electron chi connectivity index (χ3n) is 6.55. The molecule has 0 radical (unpaired) electrons. The molecule has 6 rings (SSSR count). The second-order valence-corrected chi connectivity index (χ2v) is 8.69. The molecule has 166 valence electrons. The minimum absolute atomic E-state index is 0.380. The van der Waals surface area contributed by atoms with Crippen LogP contribution in [0.4, 0.5) is 5.69 Å². The Kier molecular flexibility index (Phi) is 4.93. The second kappa shape index (κ2) is 8.25.